The van der Waals surface area contributed by atoms with Gasteiger partial charge in [-0.25, -0.2) is 8.78 Å². The number of nitrogens with zero attached hydrogens (tertiary/aromatic N) is 2. The summed E-state index contributed by atoms with van der Waals surface area (Å²) in [5.41, 5.74) is 0.946. The second-order valence-corrected chi connectivity index (χ2v) is 10.7. The number of thiophene rings is 1. The van der Waals surface area contributed by atoms with Crippen molar-refractivity contribution in [2.24, 2.45) is 5.92 Å². The predicted octanol–water partition coefficient (Wildman–Crippen LogP) is 4.74. The number of rotatable bonds is 3. The molecule has 6 rings (SSSR count). The molecule has 0 saturated carbocycles. The molecule has 0 aliphatic carbocycles. The number of hydrogen-bond acceptors (Lipinski definition) is 4. The Morgan fingerprint density at radius 2 is 1.80 bits per heavy atom. The van der Waals surface area contributed by atoms with Gasteiger partial charge in [-0.2, -0.15) is 0 Å². The van der Waals surface area contributed by atoms with Crippen molar-refractivity contribution in [2.75, 3.05) is 31.1 Å². The van der Waals surface area contributed by atoms with Crippen LogP contribution in [0.5, 0.6) is 0 Å². The summed E-state index contributed by atoms with van der Waals surface area (Å²) in [5.74, 6) is -1.99. The maximum absolute atomic E-state index is 13.5. The van der Waals surface area contributed by atoms with Gasteiger partial charge in [-0.1, -0.05) is 6.07 Å². The minimum absolute atomic E-state index is 0.00203. The van der Waals surface area contributed by atoms with Crippen molar-refractivity contribution in [3.63, 3.8) is 0 Å². The average molecular weight is 434 g/mol. The summed E-state index contributed by atoms with van der Waals surface area (Å²) in [4.78, 5) is 18.3. The second kappa shape index (κ2) is 7.16. The third kappa shape index (κ3) is 3.50. The molecule has 5 heterocycles. The Hall–Kier alpha value is -1.73. The van der Waals surface area contributed by atoms with E-state index in [0.29, 0.717) is 19.0 Å². The second-order valence-electron chi connectivity index (χ2n) is 9.61. The van der Waals surface area contributed by atoms with Crippen LogP contribution >= 0.6 is 11.3 Å². The summed E-state index contributed by atoms with van der Waals surface area (Å²) in [7, 11) is 0. The highest BCUT2D eigenvalue weighted by atomic mass is 32.1. The Labute approximate surface area is 180 Å². The summed E-state index contributed by atoms with van der Waals surface area (Å²) >= 11 is 1.49. The van der Waals surface area contributed by atoms with E-state index in [0.717, 1.165) is 46.6 Å². The van der Waals surface area contributed by atoms with Crippen molar-refractivity contribution < 1.29 is 13.6 Å². The predicted molar refractivity (Wildman–Crippen MR) is 118 cm³/mol. The van der Waals surface area contributed by atoms with E-state index in [9.17, 15) is 13.6 Å². The van der Waals surface area contributed by atoms with Gasteiger partial charge < -0.3 is 10.2 Å². The average Bonchev–Trinajstić information content (AvgIpc) is 3.14. The standard InChI is InChI=1S/C23H29F2N3OS/c1-22(2)20(15-5-9-28(22)10-6-15)26-21(29)19-13-16-3-4-17(14-18(16)30-19)27-11-7-23(24,25)8-12-27/h3-4,13-15,20H,5-12H2,1-2H3,(H,26,29)/t20-/m1/s1. The molecule has 162 valence electrons. The fourth-order valence-electron chi connectivity index (χ4n) is 5.51. The van der Waals surface area contributed by atoms with Crippen molar-refractivity contribution in [3.05, 3.63) is 29.1 Å². The number of amides is 1. The van der Waals surface area contributed by atoms with E-state index < -0.39 is 5.92 Å². The number of alkyl halides is 2. The number of fused-ring (bicyclic) bond motifs is 4. The topological polar surface area (TPSA) is 35.6 Å². The van der Waals surface area contributed by atoms with Gasteiger partial charge in [-0.05, 0) is 69.3 Å². The van der Waals surface area contributed by atoms with Crippen molar-refractivity contribution in [2.45, 2.75) is 57.0 Å². The van der Waals surface area contributed by atoms with Crippen molar-refractivity contribution in [3.8, 4) is 0 Å². The van der Waals surface area contributed by atoms with Gasteiger partial charge in [0.15, 0.2) is 0 Å². The van der Waals surface area contributed by atoms with Crippen molar-refractivity contribution in [1.29, 1.82) is 0 Å². The first-order valence-electron chi connectivity index (χ1n) is 11.0. The van der Waals surface area contributed by atoms with Crippen LogP contribution in [0.2, 0.25) is 0 Å². The third-order valence-electron chi connectivity index (χ3n) is 7.46. The molecule has 2 aromatic rings. The van der Waals surface area contributed by atoms with Crippen LogP contribution in [-0.4, -0.2) is 54.5 Å². The van der Waals surface area contributed by atoms with E-state index in [2.05, 4.69) is 24.1 Å². The number of piperidine rings is 4. The van der Waals surface area contributed by atoms with E-state index in [4.69, 9.17) is 0 Å². The first-order chi connectivity index (χ1) is 14.2. The quantitative estimate of drug-likeness (QED) is 0.760. The summed E-state index contributed by atoms with van der Waals surface area (Å²) in [6, 6.07) is 8.15. The summed E-state index contributed by atoms with van der Waals surface area (Å²) < 4.78 is 28.0. The maximum atomic E-state index is 13.5. The van der Waals surface area contributed by atoms with Gasteiger partial charge in [0.1, 0.15) is 0 Å². The van der Waals surface area contributed by atoms with Crippen LogP contribution in [0.1, 0.15) is 49.2 Å². The smallest absolute Gasteiger partial charge is 0.261 e. The molecule has 4 saturated heterocycles. The monoisotopic (exact) mass is 433 g/mol. The molecule has 1 N–H and O–H groups in total. The van der Waals surface area contributed by atoms with Crippen LogP contribution in [0.15, 0.2) is 24.3 Å². The lowest BCUT2D eigenvalue weighted by Gasteiger charge is -2.56. The molecular weight excluding hydrogens is 404 g/mol. The van der Waals surface area contributed by atoms with Gasteiger partial charge in [0.2, 0.25) is 0 Å². The van der Waals surface area contributed by atoms with E-state index in [-0.39, 0.29) is 30.3 Å². The van der Waals surface area contributed by atoms with Crippen molar-refractivity contribution in [1.82, 2.24) is 10.2 Å². The summed E-state index contributed by atoms with van der Waals surface area (Å²) in [6.07, 6.45) is 2.11. The molecule has 0 unspecified atom stereocenters. The Morgan fingerprint density at radius 3 is 2.47 bits per heavy atom. The Balaban J connectivity index is 1.33. The lowest BCUT2D eigenvalue weighted by molar-refractivity contribution is -0.0377. The minimum Gasteiger partial charge on any atom is -0.371 e. The number of benzene rings is 1. The van der Waals surface area contributed by atoms with Gasteiger partial charge in [0, 0.05) is 47.9 Å². The minimum atomic E-state index is -2.54. The van der Waals surface area contributed by atoms with Crippen LogP contribution in [0.3, 0.4) is 0 Å². The van der Waals surface area contributed by atoms with Crippen LogP contribution < -0.4 is 10.2 Å². The van der Waals surface area contributed by atoms with Crippen LogP contribution in [0, 0.1) is 5.92 Å². The molecule has 4 aliphatic heterocycles. The number of hydrogen-bond donors (Lipinski definition) is 1. The molecule has 4 fully saturated rings. The van der Waals surface area contributed by atoms with E-state index in [1.807, 2.05) is 29.2 Å². The SMILES string of the molecule is CC1(C)[C@H](NC(=O)c2cc3ccc(N4CCC(F)(F)CC4)cc3s2)C2CCN1CC2. The number of nitrogens with one attached hydrogen (secondary N) is 1. The highest BCUT2D eigenvalue weighted by Crippen LogP contribution is 2.39. The summed E-state index contributed by atoms with van der Waals surface area (Å²) in [6.45, 7) is 7.46. The van der Waals surface area contributed by atoms with E-state index >= 15 is 0 Å². The number of carbonyl (C=O) groups is 1. The highest BCUT2D eigenvalue weighted by Gasteiger charge is 2.48. The fraction of sp³-hybridized carbons (Fsp3) is 0.609. The first kappa shape index (κ1) is 20.2. The Morgan fingerprint density at radius 1 is 1.10 bits per heavy atom. The zero-order valence-corrected chi connectivity index (χ0v) is 18.4. The normalized spacial score (nSPS) is 29.9. The number of anilines is 1. The lowest BCUT2D eigenvalue weighted by Crippen LogP contribution is -2.69. The molecule has 4 aliphatic rings. The molecule has 0 radical (unpaired) electrons. The van der Waals surface area contributed by atoms with Crippen molar-refractivity contribution >= 4 is 33.0 Å². The molecule has 1 aromatic carbocycles. The van der Waals surface area contributed by atoms with Gasteiger partial charge in [0.05, 0.1) is 4.88 Å². The van der Waals surface area contributed by atoms with Crippen LogP contribution in [-0.2, 0) is 0 Å². The molecule has 0 spiro atoms. The van der Waals surface area contributed by atoms with Gasteiger partial charge >= 0.3 is 0 Å². The molecule has 30 heavy (non-hydrogen) atoms. The highest BCUT2D eigenvalue weighted by molar-refractivity contribution is 7.20. The number of carbonyl (C=O) groups excluding carboxylic acids is 1. The Bertz CT molecular complexity index is 955. The molecular formula is C23H29F2N3OS. The van der Waals surface area contributed by atoms with E-state index in [1.165, 1.54) is 11.3 Å². The first-order valence-corrected chi connectivity index (χ1v) is 11.8. The third-order valence-corrected chi connectivity index (χ3v) is 8.56. The molecule has 4 nitrogen and oxygen atoms in total. The molecule has 1 atom stereocenters. The molecule has 1 amide bonds. The Kier molecular flexibility index (Phi) is 4.82. The zero-order valence-electron chi connectivity index (χ0n) is 17.6. The van der Waals surface area contributed by atoms with E-state index in [1.54, 1.807) is 0 Å². The fourth-order valence-corrected chi connectivity index (χ4v) is 6.51. The van der Waals surface area contributed by atoms with Crippen LogP contribution in [0.25, 0.3) is 10.1 Å². The van der Waals surface area contributed by atoms with Gasteiger partial charge in [-0.3, -0.25) is 9.69 Å². The molecule has 2 bridgehead atoms. The van der Waals surface area contributed by atoms with Gasteiger partial charge in [0.25, 0.3) is 11.8 Å². The lowest BCUT2D eigenvalue weighted by atomic mass is 9.72. The van der Waals surface area contributed by atoms with Crippen LogP contribution in [0.4, 0.5) is 14.5 Å². The molecule has 1 aromatic heterocycles. The maximum Gasteiger partial charge on any atom is 0.261 e. The summed E-state index contributed by atoms with van der Waals surface area (Å²) in [5, 5.41) is 4.37. The number of halogens is 2. The largest absolute Gasteiger partial charge is 0.371 e. The molecule has 7 heteroatoms. The van der Waals surface area contributed by atoms with Gasteiger partial charge in [-0.15, -0.1) is 11.3 Å². The zero-order chi connectivity index (χ0) is 21.1.